The zero-order chi connectivity index (χ0) is 23.1. The first-order valence-corrected chi connectivity index (χ1v) is 8.75. The number of phenolic OH excluding ortho intramolecular Hbond substituents is 1. The van der Waals surface area contributed by atoms with Crippen molar-refractivity contribution in [2.75, 3.05) is 0 Å². The van der Waals surface area contributed by atoms with E-state index in [0.717, 1.165) is 18.2 Å². The van der Waals surface area contributed by atoms with Crippen LogP contribution >= 0.6 is 0 Å². The van der Waals surface area contributed by atoms with Crippen LogP contribution < -0.4 is 16.4 Å². The molecule has 2 aromatic rings. The molecule has 12 heteroatoms. The predicted molar refractivity (Wildman–Crippen MR) is 105 cm³/mol. The number of phenols is 1. The highest BCUT2D eigenvalue weighted by molar-refractivity contribution is 6.03. The third kappa shape index (κ3) is 6.25. The monoisotopic (exact) mass is 430 g/mol. The number of amides is 3. The minimum atomic E-state index is -1.67. The van der Waals surface area contributed by atoms with Crippen LogP contribution in [0.3, 0.4) is 0 Å². The van der Waals surface area contributed by atoms with Crippen molar-refractivity contribution in [3.05, 3.63) is 69.3 Å². The van der Waals surface area contributed by atoms with Crippen molar-refractivity contribution in [2.24, 2.45) is 5.73 Å². The lowest BCUT2D eigenvalue weighted by atomic mass is 10.1. The maximum Gasteiger partial charge on any atom is 0.326 e. The zero-order valence-corrected chi connectivity index (χ0v) is 15.9. The molecule has 0 fully saturated rings. The Morgan fingerprint density at radius 2 is 1.81 bits per heavy atom. The Morgan fingerprint density at radius 3 is 2.39 bits per heavy atom. The number of rotatable bonds is 9. The van der Waals surface area contributed by atoms with Crippen LogP contribution in [-0.2, 0) is 16.1 Å². The SMILES string of the molecule is NC(=O)C[C@H](NC(=O)c1ccc(C(=O)NCc2cccc(O)c2)cc1[N+](=O)[O-])C(=O)O. The van der Waals surface area contributed by atoms with Gasteiger partial charge in [-0.05, 0) is 29.8 Å². The molecular weight excluding hydrogens is 412 g/mol. The van der Waals surface area contributed by atoms with Gasteiger partial charge in [0.25, 0.3) is 17.5 Å². The van der Waals surface area contributed by atoms with Crippen molar-refractivity contribution in [1.82, 2.24) is 10.6 Å². The number of aromatic hydroxyl groups is 1. The Hall–Kier alpha value is -4.48. The average molecular weight is 430 g/mol. The van der Waals surface area contributed by atoms with Gasteiger partial charge in [0, 0.05) is 18.2 Å². The summed E-state index contributed by atoms with van der Waals surface area (Å²) in [5, 5.41) is 34.4. The van der Waals surface area contributed by atoms with Crippen molar-refractivity contribution < 1.29 is 34.3 Å². The molecule has 0 saturated carbocycles. The van der Waals surface area contributed by atoms with Gasteiger partial charge >= 0.3 is 5.97 Å². The van der Waals surface area contributed by atoms with Crippen LogP contribution in [0.15, 0.2) is 42.5 Å². The summed E-state index contributed by atoms with van der Waals surface area (Å²) in [6.07, 6.45) is -0.704. The molecular formula is C19H18N4O8. The number of carboxylic acids is 1. The Morgan fingerprint density at radius 1 is 1.10 bits per heavy atom. The third-order valence-corrected chi connectivity index (χ3v) is 4.07. The van der Waals surface area contributed by atoms with Crippen LogP contribution in [0.25, 0.3) is 0 Å². The van der Waals surface area contributed by atoms with E-state index in [1.807, 2.05) is 5.32 Å². The Kier molecular flexibility index (Phi) is 7.23. The Balaban J connectivity index is 2.20. The second-order valence-electron chi connectivity index (χ2n) is 6.38. The lowest BCUT2D eigenvalue weighted by Crippen LogP contribution is -2.43. The third-order valence-electron chi connectivity index (χ3n) is 4.07. The van der Waals surface area contributed by atoms with Crippen LogP contribution in [0.5, 0.6) is 5.75 Å². The molecule has 2 aromatic carbocycles. The fourth-order valence-electron chi connectivity index (χ4n) is 2.60. The fraction of sp³-hybridized carbons (Fsp3) is 0.158. The quantitative estimate of drug-likeness (QED) is 0.276. The zero-order valence-electron chi connectivity index (χ0n) is 15.9. The number of benzene rings is 2. The first kappa shape index (κ1) is 22.8. The van der Waals surface area contributed by atoms with Gasteiger partial charge in [-0.3, -0.25) is 24.5 Å². The number of primary amides is 1. The summed E-state index contributed by atoms with van der Waals surface area (Å²) in [6.45, 7) is 0.0384. The maximum atomic E-state index is 12.3. The summed E-state index contributed by atoms with van der Waals surface area (Å²) in [6, 6.07) is 7.48. The summed E-state index contributed by atoms with van der Waals surface area (Å²) in [5.41, 5.74) is 4.18. The highest BCUT2D eigenvalue weighted by atomic mass is 16.6. The molecule has 0 spiro atoms. The van der Waals surface area contributed by atoms with E-state index in [-0.39, 0.29) is 17.9 Å². The number of nitro benzene ring substituents is 1. The fourth-order valence-corrected chi connectivity index (χ4v) is 2.60. The smallest absolute Gasteiger partial charge is 0.326 e. The van der Waals surface area contributed by atoms with Crippen LogP contribution in [0.4, 0.5) is 5.69 Å². The second-order valence-corrected chi connectivity index (χ2v) is 6.38. The molecule has 0 radical (unpaired) electrons. The summed E-state index contributed by atoms with van der Waals surface area (Å²) >= 11 is 0. The van der Waals surface area contributed by atoms with Gasteiger partial charge in [0.1, 0.15) is 17.4 Å². The van der Waals surface area contributed by atoms with Crippen molar-refractivity contribution in [1.29, 1.82) is 0 Å². The second kappa shape index (κ2) is 9.82. The molecule has 0 saturated heterocycles. The van der Waals surface area contributed by atoms with E-state index in [2.05, 4.69) is 5.32 Å². The molecule has 6 N–H and O–H groups in total. The largest absolute Gasteiger partial charge is 0.508 e. The average Bonchev–Trinajstić information content (AvgIpc) is 2.70. The molecule has 3 amide bonds. The van der Waals surface area contributed by atoms with Gasteiger partial charge in [-0.25, -0.2) is 4.79 Å². The molecule has 0 bridgehead atoms. The topological polar surface area (TPSA) is 202 Å². The summed E-state index contributed by atoms with van der Waals surface area (Å²) in [7, 11) is 0. The number of nitrogens with one attached hydrogen (secondary N) is 2. The summed E-state index contributed by atoms with van der Waals surface area (Å²) < 4.78 is 0. The molecule has 0 aliphatic heterocycles. The number of nitro groups is 1. The number of nitrogens with zero attached hydrogens (tertiary/aromatic N) is 1. The minimum absolute atomic E-state index is 0.00810. The number of hydrogen-bond donors (Lipinski definition) is 5. The van der Waals surface area contributed by atoms with E-state index in [4.69, 9.17) is 10.8 Å². The molecule has 0 heterocycles. The normalized spacial score (nSPS) is 11.2. The Labute approximate surface area is 174 Å². The van der Waals surface area contributed by atoms with Crippen LogP contribution in [0, 0.1) is 10.1 Å². The molecule has 162 valence electrons. The van der Waals surface area contributed by atoms with Gasteiger partial charge in [0.2, 0.25) is 5.91 Å². The lowest BCUT2D eigenvalue weighted by Gasteiger charge is -2.13. The number of carbonyl (C=O) groups is 4. The number of carboxylic acid groups (broad SMARTS) is 1. The van der Waals surface area contributed by atoms with Crippen molar-refractivity contribution in [3.8, 4) is 5.75 Å². The number of hydrogen-bond acceptors (Lipinski definition) is 7. The molecule has 0 aliphatic carbocycles. The standard InChI is InChI=1S/C19H18N4O8/c20-16(25)8-14(19(28)29)22-18(27)13-5-4-11(7-15(13)23(30)31)17(26)21-9-10-2-1-3-12(24)6-10/h1-7,14,24H,8-9H2,(H2,20,25)(H,21,26)(H,22,27)(H,28,29)/t14-/m0/s1. The number of nitrogens with two attached hydrogens (primary N) is 1. The van der Waals surface area contributed by atoms with Gasteiger partial charge < -0.3 is 26.6 Å². The van der Waals surface area contributed by atoms with E-state index in [9.17, 15) is 34.4 Å². The van der Waals surface area contributed by atoms with Gasteiger partial charge in [0.05, 0.1) is 11.3 Å². The minimum Gasteiger partial charge on any atom is -0.508 e. The highest BCUT2D eigenvalue weighted by Gasteiger charge is 2.27. The lowest BCUT2D eigenvalue weighted by molar-refractivity contribution is -0.385. The van der Waals surface area contributed by atoms with Gasteiger partial charge in [0.15, 0.2) is 0 Å². The first-order valence-electron chi connectivity index (χ1n) is 8.75. The molecule has 0 unspecified atom stereocenters. The summed E-state index contributed by atoms with van der Waals surface area (Å²) in [4.78, 5) is 57.2. The van der Waals surface area contributed by atoms with Gasteiger partial charge in [-0.1, -0.05) is 12.1 Å². The molecule has 2 rings (SSSR count). The van der Waals surface area contributed by atoms with Gasteiger partial charge in [-0.2, -0.15) is 0 Å². The first-order chi connectivity index (χ1) is 14.6. The molecule has 12 nitrogen and oxygen atoms in total. The summed E-state index contributed by atoms with van der Waals surface area (Å²) in [5.74, 6) is -4.31. The maximum absolute atomic E-state index is 12.3. The van der Waals surface area contributed by atoms with Crippen molar-refractivity contribution >= 4 is 29.4 Å². The number of carbonyl (C=O) groups excluding carboxylic acids is 3. The molecule has 0 aromatic heterocycles. The van der Waals surface area contributed by atoms with Crippen LogP contribution in [0.2, 0.25) is 0 Å². The van der Waals surface area contributed by atoms with E-state index < -0.39 is 52.3 Å². The van der Waals surface area contributed by atoms with Gasteiger partial charge in [-0.15, -0.1) is 0 Å². The molecule has 1 atom stereocenters. The van der Waals surface area contributed by atoms with E-state index in [1.165, 1.54) is 12.1 Å². The highest BCUT2D eigenvalue weighted by Crippen LogP contribution is 2.21. The van der Waals surface area contributed by atoms with Crippen LogP contribution in [0.1, 0.15) is 32.7 Å². The van der Waals surface area contributed by atoms with E-state index in [1.54, 1.807) is 12.1 Å². The van der Waals surface area contributed by atoms with E-state index >= 15 is 0 Å². The molecule has 0 aliphatic rings. The predicted octanol–water partition coefficient (Wildman–Crippen LogP) is 0.289. The van der Waals surface area contributed by atoms with Crippen molar-refractivity contribution in [2.45, 2.75) is 19.0 Å². The van der Waals surface area contributed by atoms with Crippen molar-refractivity contribution in [3.63, 3.8) is 0 Å². The molecule has 31 heavy (non-hydrogen) atoms. The Bertz CT molecular complexity index is 1050. The number of aliphatic carboxylic acids is 1. The van der Waals surface area contributed by atoms with E-state index in [0.29, 0.717) is 5.56 Å². The van der Waals surface area contributed by atoms with Crippen LogP contribution in [-0.4, -0.2) is 44.9 Å².